The number of nitrogens with two attached hydrogens (primary N) is 1. The Balaban J connectivity index is 1.81. The smallest absolute Gasteiger partial charge is 0.238 e. The lowest BCUT2D eigenvalue weighted by molar-refractivity contribution is 0.597. The number of hydrogen-bond acceptors (Lipinski definition) is 3. The van der Waals surface area contributed by atoms with Crippen molar-refractivity contribution in [2.45, 2.75) is 17.9 Å². The molecule has 0 fully saturated rings. The third kappa shape index (κ3) is 5.13. The summed E-state index contributed by atoms with van der Waals surface area (Å²) in [4.78, 5) is 0.137. The van der Waals surface area contributed by atoms with Crippen LogP contribution in [0.3, 0.4) is 0 Å². The van der Waals surface area contributed by atoms with Gasteiger partial charge in [-0.3, -0.25) is 0 Å². The molecule has 0 amide bonds. The van der Waals surface area contributed by atoms with Crippen LogP contribution in [0.1, 0.15) is 11.1 Å². The molecule has 0 bridgehead atoms. The molecule has 3 N–H and O–H groups in total. The van der Waals surface area contributed by atoms with E-state index in [9.17, 15) is 8.42 Å². The molecule has 112 valence electrons. The Morgan fingerprint density at radius 3 is 2.38 bits per heavy atom. The van der Waals surface area contributed by atoms with Gasteiger partial charge in [-0.2, -0.15) is 0 Å². The SMILES string of the molecule is NS(=O)(=O)c1ccc(CCNCc2cccc(Cl)c2)cc1. The Morgan fingerprint density at radius 2 is 1.76 bits per heavy atom. The number of primary sulfonamides is 1. The van der Waals surface area contributed by atoms with Gasteiger partial charge >= 0.3 is 0 Å². The van der Waals surface area contributed by atoms with Crippen LogP contribution in [0.15, 0.2) is 53.4 Å². The normalized spacial score (nSPS) is 11.5. The first-order valence-electron chi connectivity index (χ1n) is 6.52. The van der Waals surface area contributed by atoms with E-state index >= 15 is 0 Å². The van der Waals surface area contributed by atoms with Gasteiger partial charge in [-0.25, -0.2) is 13.6 Å². The number of rotatable bonds is 6. The lowest BCUT2D eigenvalue weighted by atomic mass is 10.1. The van der Waals surface area contributed by atoms with E-state index in [0.717, 1.165) is 35.7 Å². The quantitative estimate of drug-likeness (QED) is 0.801. The highest BCUT2D eigenvalue weighted by Crippen LogP contribution is 2.11. The molecule has 0 aromatic heterocycles. The first-order chi connectivity index (χ1) is 9.95. The molecule has 21 heavy (non-hydrogen) atoms. The van der Waals surface area contributed by atoms with E-state index in [0.29, 0.717) is 0 Å². The molecule has 0 spiro atoms. The van der Waals surface area contributed by atoms with Gasteiger partial charge < -0.3 is 5.32 Å². The highest BCUT2D eigenvalue weighted by atomic mass is 35.5. The predicted octanol–water partition coefficient (Wildman–Crippen LogP) is 2.32. The van der Waals surface area contributed by atoms with E-state index in [1.807, 2.05) is 24.3 Å². The molecule has 0 aliphatic carbocycles. The Hall–Kier alpha value is -1.40. The average molecular weight is 325 g/mol. The molecule has 0 saturated heterocycles. The van der Waals surface area contributed by atoms with Crippen LogP contribution in [0.4, 0.5) is 0 Å². The predicted molar refractivity (Wildman–Crippen MR) is 84.7 cm³/mol. The second-order valence-electron chi connectivity index (χ2n) is 4.75. The fourth-order valence-corrected chi connectivity index (χ4v) is 2.69. The summed E-state index contributed by atoms with van der Waals surface area (Å²) in [5, 5.41) is 9.10. The lowest BCUT2D eigenvalue weighted by Gasteiger charge is -2.06. The van der Waals surface area contributed by atoms with Gasteiger partial charge in [0.25, 0.3) is 0 Å². The van der Waals surface area contributed by atoms with Crippen molar-refractivity contribution in [2.24, 2.45) is 5.14 Å². The summed E-state index contributed by atoms with van der Waals surface area (Å²) >= 11 is 5.92. The lowest BCUT2D eigenvalue weighted by Crippen LogP contribution is -2.17. The van der Waals surface area contributed by atoms with Gasteiger partial charge in [0.2, 0.25) is 10.0 Å². The molecule has 0 atom stereocenters. The zero-order valence-corrected chi connectivity index (χ0v) is 13.0. The molecule has 0 unspecified atom stereocenters. The van der Waals surface area contributed by atoms with E-state index in [-0.39, 0.29) is 4.90 Å². The minimum atomic E-state index is -3.61. The molecule has 4 nitrogen and oxygen atoms in total. The van der Waals surface area contributed by atoms with Gasteiger partial charge in [0.05, 0.1) is 4.90 Å². The third-order valence-electron chi connectivity index (χ3n) is 3.06. The van der Waals surface area contributed by atoms with Crippen LogP contribution in [0.2, 0.25) is 5.02 Å². The van der Waals surface area contributed by atoms with Crippen LogP contribution in [-0.4, -0.2) is 15.0 Å². The van der Waals surface area contributed by atoms with Crippen LogP contribution < -0.4 is 10.5 Å². The van der Waals surface area contributed by atoms with Gasteiger partial charge in [-0.05, 0) is 48.4 Å². The Morgan fingerprint density at radius 1 is 1.05 bits per heavy atom. The zero-order valence-electron chi connectivity index (χ0n) is 11.4. The number of halogens is 1. The summed E-state index contributed by atoms with van der Waals surface area (Å²) in [6, 6.07) is 14.3. The highest BCUT2D eigenvalue weighted by Gasteiger charge is 2.06. The van der Waals surface area contributed by atoms with E-state index in [2.05, 4.69) is 5.32 Å². The largest absolute Gasteiger partial charge is 0.312 e. The van der Waals surface area contributed by atoms with E-state index in [1.54, 1.807) is 12.1 Å². The van der Waals surface area contributed by atoms with Gasteiger partial charge in [0.15, 0.2) is 0 Å². The fraction of sp³-hybridized carbons (Fsp3) is 0.200. The molecule has 0 heterocycles. The molecule has 0 radical (unpaired) electrons. The second kappa shape index (κ2) is 7.04. The van der Waals surface area contributed by atoms with E-state index < -0.39 is 10.0 Å². The summed E-state index contributed by atoms with van der Waals surface area (Å²) in [5.41, 5.74) is 2.19. The van der Waals surface area contributed by atoms with Crippen molar-refractivity contribution in [1.82, 2.24) is 5.32 Å². The molecule has 6 heteroatoms. The summed E-state index contributed by atoms with van der Waals surface area (Å²) in [7, 11) is -3.61. The molecule has 0 saturated carbocycles. The molecule has 2 rings (SSSR count). The van der Waals surface area contributed by atoms with Crippen LogP contribution in [-0.2, 0) is 23.0 Å². The van der Waals surface area contributed by atoms with Crippen LogP contribution in [0.5, 0.6) is 0 Å². The average Bonchev–Trinajstić information content (AvgIpc) is 2.43. The third-order valence-corrected chi connectivity index (χ3v) is 4.22. The molecule has 0 aliphatic rings. The minimum Gasteiger partial charge on any atom is -0.312 e. The summed E-state index contributed by atoms with van der Waals surface area (Å²) in [6.07, 6.45) is 0.811. The summed E-state index contributed by atoms with van der Waals surface area (Å²) < 4.78 is 22.3. The van der Waals surface area contributed by atoms with Crippen molar-refractivity contribution in [1.29, 1.82) is 0 Å². The van der Waals surface area contributed by atoms with Crippen molar-refractivity contribution in [3.05, 3.63) is 64.7 Å². The maximum Gasteiger partial charge on any atom is 0.238 e. The Labute approximate surface area is 130 Å². The standard InChI is InChI=1S/C15H17ClN2O2S/c16-14-3-1-2-13(10-14)11-18-9-8-12-4-6-15(7-5-12)21(17,19)20/h1-7,10,18H,8-9,11H2,(H2,17,19,20). The Bertz CT molecular complexity index is 700. The topological polar surface area (TPSA) is 72.2 Å². The first-order valence-corrected chi connectivity index (χ1v) is 8.44. The van der Waals surface area contributed by atoms with Crippen LogP contribution >= 0.6 is 11.6 Å². The van der Waals surface area contributed by atoms with Crippen molar-refractivity contribution >= 4 is 21.6 Å². The number of sulfonamides is 1. The number of benzene rings is 2. The van der Waals surface area contributed by atoms with Crippen molar-refractivity contribution in [3.63, 3.8) is 0 Å². The zero-order chi connectivity index (χ0) is 15.3. The maximum absolute atomic E-state index is 11.1. The molecule has 2 aromatic carbocycles. The van der Waals surface area contributed by atoms with E-state index in [1.165, 1.54) is 12.1 Å². The van der Waals surface area contributed by atoms with Gasteiger partial charge in [0, 0.05) is 11.6 Å². The van der Waals surface area contributed by atoms with Gasteiger partial charge in [-0.15, -0.1) is 0 Å². The Kier molecular flexibility index (Phi) is 5.36. The van der Waals surface area contributed by atoms with Crippen LogP contribution in [0, 0.1) is 0 Å². The first kappa shape index (κ1) is 16.0. The highest BCUT2D eigenvalue weighted by molar-refractivity contribution is 7.89. The summed E-state index contributed by atoms with van der Waals surface area (Å²) in [5.74, 6) is 0. The summed E-state index contributed by atoms with van der Waals surface area (Å²) in [6.45, 7) is 1.54. The van der Waals surface area contributed by atoms with Gasteiger partial charge in [-0.1, -0.05) is 35.9 Å². The van der Waals surface area contributed by atoms with E-state index in [4.69, 9.17) is 16.7 Å². The van der Waals surface area contributed by atoms with Crippen molar-refractivity contribution in [2.75, 3.05) is 6.54 Å². The molecule has 2 aromatic rings. The number of nitrogens with one attached hydrogen (secondary N) is 1. The number of hydrogen-bond donors (Lipinski definition) is 2. The second-order valence-corrected chi connectivity index (χ2v) is 6.74. The molecular formula is C15H17ClN2O2S. The van der Waals surface area contributed by atoms with Crippen molar-refractivity contribution in [3.8, 4) is 0 Å². The van der Waals surface area contributed by atoms with Crippen LogP contribution in [0.25, 0.3) is 0 Å². The minimum absolute atomic E-state index is 0.137. The maximum atomic E-state index is 11.1. The molecular weight excluding hydrogens is 308 g/mol. The monoisotopic (exact) mass is 324 g/mol. The van der Waals surface area contributed by atoms with Crippen molar-refractivity contribution < 1.29 is 8.42 Å². The van der Waals surface area contributed by atoms with Gasteiger partial charge in [0.1, 0.15) is 0 Å². The fourth-order valence-electron chi connectivity index (χ4n) is 1.96. The molecule has 0 aliphatic heterocycles.